The molecule has 0 aliphatic heterocycles. The van der Waals surface area contributed by atoms with Crippen molar-refractivity contribution in [3.05, 3.63) is 323 Å². The van der Waals surface area contributed by atoms with E-state index in [1.807, 2.05) is 0 Å². The molecule has 0 spiro atoms. The third-order valence-corrected chi connectivity index (χ3v) is 19.3. The molecule has 5 aliphatic carbocycles. The van der Waals surface area contributed by atoms with Gasteiger partial charge in [0.15, 0.2) is 11.6 Å². The van der Waals surface area contributed by atoms with E-state index in [4.69, 9.17) is 19.9 Å². The standard InChI is InChI=1S/C82H58N4/c1-81(2)69-31-15-13-27-59(69)61-37-33-53(45-71(61)81)51-23-17-25-55(41-51)75-47-73(49-19-7-5-8-20-49)83-79(85-75)57-35-39-65-67(43-57)77-63-29-11-12-30-64(63)78(65)68-44-58(36-40-66(68)77)80-84-74(50-21-9-6-10-22-50)48-76(86-80)56-26-18-24-52(42-56)54-34-38-62-60-28-14-16-32-70(60)82(3,4)72(62)46-54/h5-48,77-78H,1-4H3. The number of hydrogen-bond donors (Lipinski definition) is 0. The van der Waals surface area contributed by atoms with E-state index in [0.717, 1.165) is 67.3 Å². The summed E-state index contributed by atoms with van der Waals surface area (Å²) in [6.45, 7) is 9.38. The van der Waals surface area contributed by atoms with Crippen LogP contribution >= 0.6 is 0 Å². The van der Waals surface area contributed by atoms with Gasteiger partial charge in [0.05, 0.1) is 22.8 Å². The van der Waals surface area contributed by atoms with E-state index in [9.17, 15) is 0 Å². The van der Waals surface area contributed by atoms with Crippen molar-refractivity contribution in [2.75, 3.05) is 0 Å². The van der Waals surface area contributed by atoms with Crippen LogP contribution in [-0.4, -0.2) is 19.9 Å². The molecule has 406 valence electrons. The van der Waals surface area contributed by atoms with E-state index in [1.54, 1.807) is 0 Å². The highest BCUT2D eigenvalue weighted by atomic mass is 14.9. The molecule has 0 saturated carbocycles. The molecule has 2 atom stereocenters. The van der Waals surface area contributed by atoms with E-state index >= 15 is 0 Å². The number of fused-ring (bicyclic) bond motifs is 6. The normalized spacial score (nSPS) is 15.6. The Morgan fingerprint density at radius 3 is 0.988 bits per heavy atom. The Labute approximate surface area is 502 Å². The van der Waals surface area contributed by atoms with Gasteiger partial charge in [0.1, 0.15) is 0 Å². The Bertz CT molecular complexity index is 4640. The summed E-state index contributed by atoms with van der Waals surface area (Å²) in [5.74, 6) is 1.44. The second-order valence-electron chi connectivity index (χ2n) is 24.9. The van der Waals surface area contributed by atoms with Gasteiger partial charge in [-0.1, -0.05) is 246 Å². The maximum Gasteiger partial charge on any atom is 0.160 e. The fourth-order valence-corrected chi connectivity index (χ4v) is 14.9. The number of nitrogens with zero attached hydrogens (tertiary/aromatic N) is 4. The van der Waals surface area contributed by atoms with Gasteiger partial charge in [-0.2, -0.15) is 0 Å². The average Bonchev–Trinajstić information content (AvgIpc) is 0.984. The lowest BCUT2D eigenvalue weighted by Gasteiger charge is -2.42. The highest BCUT2D eigenvalue weighted by Crippen LogP contribution is 2.57. The van der Waals surface area contributed by atoms with E-state index in [1.165, 1.54) is 89.0 Å². The molecular weight excluding hydrogens is 1040 g/mol. The minimum absolute atomic E-state index is 0.0163. The van der Waals surface area contributed by atoms with Gasteiger partial charge in [-0.05, 0) is 149 Å². The zero-order valence-corrected chi connectivity index (χ0v) is 48.3. The zero-order valence-electron chi connectivity index (χ0n) is 48.3. The smallest absolute Gasteiger partial charge is 0.160 e. The van der Waals surface area contributed by atoms with Gasteiger partial charge >= 0.3 is 0 Å². The van der Waals surface area contributed by atoms with Crippen molar-refractivity contribution in [1.82, 2.24) is 19.9 Å². The highest BCUT2D eigenvalue weighted by molar-refractivity contribution is 5.87. The minimum Gasteiger partial charge on any atom is -0.228 e. The minimum atomic E-state index is -0.0891. The molecule has 2 heterocycles. The molecule has 4 nitrogen and oxygen atoms in total. The van der Waals surface area contributed by atoms with E-state index in [-0.39, 0.29) is 22.7 Å². The Balaban J connectivity index is 0.741. The number of hydrogen-bond acceptors (Lipinski definition) is 4. The Morgan fingerprint density at radius 1 is 0.221 bits per heavy atom. The first-order valence-corrected chi connectivity index (χ1v) is 30.1. The lowest BCUT2D eigenvalue weighted by Crippen LogP contribution is -2.27. The van der Waals surface area contributed by atoms with Crippen molar-refractivity contribution in [2.24, 2.45) is 0 Å². The molecule has 13 aromatic rings. The molecule has 2 aromatic heterocycles. The Morgan fingerprint density at radius 2 is 0.547 bits per heavy atom. The maximum absolute atomic E-state index is 5.46. The highest BCUT2D eigenvalue weighted by Gasteiger charge is 2.42. The van der Waals surface area contributed by atoms with Gasteiger partial charge in [-0.25, -0.2) is 19.9 Å². The van der Waals surface area contributed by atoms with Crippen LogP contribution in [-0.2, 0) is 10.8 Å². The van der Waals surface area contributed by atoms with Crippen LogP contribution in [0.5, 0.6) is 0 Å². The van der Waals surface area contributed by atoms with Crippen LogP contribution in [0.2, 0.25) is 0 Å². The Hall–Kier alpha value is -10.4. The quantitative estimate of drug-likeness (QED) is 0.152. The van der Waals surface area contributed by atoms with Crippen molar-refractivity contribution >= 4 is 0 Å². The van der Waals surface area contributed by atoms with Crippen LogP contribution in [0.4, 0.5) is 0 Å². The first-order valence-electron chi connectivity index (χ1n) is 30.1. The van der Waals surface area contributed by atoms with Crippen molar-refractivity contribution in [3.8, 4) is 112 Å². The monoisotopic (exact) mass is 1100 g/mol. The predicted octanol–water partition coefficient (Wildman–Crippen LogP) is 20.2. The van der Waals surface area contributed by atoms with Crippen LogP contribution < -0.4 is 0 Å². The first-order chi connectivity index (χ1) is 42.1. The summed E-state index contributed by atoms with van der Waals surface area (Å²) in [5.41, 5.74) is 33.0. The van der Waals surface area contributed by atoms with Gasteiger partial charge in [0.25, 0.3) is 0 Å². The second kappa shape index (κ2) is 19.1. The van der Waals surface area contributed by atoms with E-state index in [0.29, 0.717) is 11.6 Å². The summed E-state index contributed by atoms with van der Waals surface area (Å²) in [4.78, 5) is 21.7. The van der Waals surface area contributed by atoms with Crippen molar-refractivity contribution in [3.63, 3.8) is 0 Å². The lowest BCUT2D eigenvalue weighted by molar-refractivity contribution is 0.660. The predicted molar refractivity (Wildman–Crippen MR) is 351 cm³/mol. The summed E-state index contributed by atoms with van der Waals surface area (Å²) in [7, 11) is 0. The van der Waals surface area contributed by atoms with Gasteiger partial charge in [0, 0.05) is 56.0 Å². The number of benzene rings is 11. The summed E-state index contributed by atoms with van der Waals surface area (Å²) in [5, 5.41) is 0. The van der Waals surface area contributed by atoms with Crippen LogP contribution in [0.1, 0.15) is 95.2 Å². The zero-order chi connectivity index (χ0) is 57.4. The lowest BCUT2D eigenvalue weighted by atomic mass is 9.61. The van der Waals surface area contributed by atoms with Gasteiger partial charge < -0.3 is 0 Å². The fourth-order valence-electron chi connectivity index (χ4n) is 14.9. The van der Waals surface area contributed by atoms with Gasteiger partial charge in [-0.15, -0.1) is 0 Å². The van der Waals surface area contributed by atoms with Crippen LogP contribution in [0.3, 0.4) is 0 Å². The third-order valence-electron chi connectivity index (χ3n) is 19.3. The number of rotatable bonds is 8. The summed E-state index contributed by atoms with van der Waals surface area (Å²) >= 11 is 0. The SMILES string of the molecule is CC1(C)c2ccccc2-c2ccc(-c3cccc(-c4cc(-c5ccccc5)nc(-c5ccc6c(c5)C5c7ccccc7C6c6cc(-c7nc(-c8ccccc8)cc(-c8cccc(-c9ccc%10c(c9)C(C)(C)c9ccccc9-%10)c8)n7)ccc65)n4)c3)cc21. The molecule has 0 fully saturated rings. The van der Waals surface area contributed by atoms with Crippen molar-refractivity contribution in [1.29, 1.82) is 0 Å². The molecule has 18 rings (SSSR count). The second-order valence-corrected chi connectivity index (χ2v) is 24.9. The van der Waals surface area contributed by atoms with Crippen LogP contribution in [0.25, 0.3) is 112 Å². The maximum atomic E-state index is 5.46. The molecule has 5 aliphatic rings. The molecule has 4 heteroatoms. The summed E-state index contributed by atoms with van der Waals surface area (Å²) < 4.78 is 0. The number of aromatic nitrogens is 4. The molecule has 0 amide bonds. The van der Waals surface area contributed by atoms with E-state index in [2.05, 4.69) is 295 Å². The molecule has 2 bridgehead atoms. The molecular formula is C82H58N4. The fraction of sp³-hybridized carbons (Fsp3) is 0.0976. The molecule has 0 N–H and O–H groups in total. The average molecular weight is 1100 g/mol. The van der Waals surface area contributed by atoms with Crippen molar-refractivity contribution in [2.45, 2.75) is 50.4 Å². The van der Waals surface area contributed by atoms with Crippen LogP contribution in [0, 0.1) is 0 Å². The summed E-state index contributed by atoms with van der Waals surface area (Å²) in [6.07, 6.45) is 0. The van der Waals surface area contributed by atoms with Crippen LogP contribution in [0.15, 0.2) is 267 Å². The topological polar surface area (TPSA) is 51.6 Å². The van der Waals surface area contributed by atoms with Gasteiger partial charge in [0.2, 0.25) is 0 Å². The molecule has 2 unspecified atom stereocenters. The first kappa shape index (κ1) is 50.1. The largest absolute Gasteiger partial charge is 0.228 e. The van der Waals surface area contributed by atoms with E-state index < -0.39 is 0 Å². The van der Waals surface area contributed by atoms with Crippen molar-refractivity contribution < 1.29 is 0 Å². The van der Waals surface area contributed by atoms with Gasteiger partial charge in [-0.3, -0.25) is 0 Å². The summed E-state index contributed by atoms with van der Waals surface area (Å²) in [6, 6.07) is 97.7. The molecule has 0 saturated heterocycles. The third kappa shape index (κ3) is 7.82. The molecule has 86 heavy (non-hydrogen) atoms. The molecule has 0 radical (unpaired) electrons. The molecule has 11 aromatic carbocycles. The Kier molecular flexibility index (Phi) is 11.1.